The van der Waals surface area contributed by atoms with Crippen LogP contribution in [0, 0.1) is 0 Å². The summed E-state index contributed by atoms with van der Waals surface area (Å²) in [4.78, 5) is 22.1. The fraction of sp³-hybridized carbons (Fsp3) is 0.125. The summed E-state index contributed by atoms with van der Waals surface area (Å²) in [5.74, 6) is -3.17. The van der Waals surface area contributed by atoms with Gasteiger partial charge in [-0.2, -0.15) is 26.3 Å². The summed E-state index contributed by atoms with van der Waals surface area (Å²) < 4.78 is 77.5. The van der Waals surface area contributed by atoms with Crippen LogP contribution in [0.15, 0.2) is 36.4 Å². The number of alkyl halides is 6. The lowest BCUT2D eigenvalue weighted by atomic mass is 9.96. The van der Waals surface area contributed by atoms with E-state index in [0.29, 0.717) is 12.1 Å². The number of carbonyl (C=O) groups is 2. The number of rotatable bonds is 3. The maximum absolute atomic E-state index is 12.9. The van der Waals surface area contributed by atoms with Crippen molar-refractivity contribution in [3.63, 3.8) is 0 Å². The highest BCUT2D eigenvalue weighted by molar-refractivity contribution is 5.96. The van der Waals surface area contributed by atoms with E-state index in [4.69, 9.17) is 10.2 Å². The smallest absolute Gasteiger partial charge is 0.416 e. The van der Waals surface area contributed by atoms with Crippen molar-refractivity contribution in [1.29, 1.82) is 0 Å². The van der Waals surface area contributed by atoms with E-state index in [9.17, 15) is 35.9 Å². The average molecular weight is 378 g/mol. The van der Waals surface area contributed by atoms with E-state index >= 15 is 0 Å². The number of aromatic carboxylic acids is 2. The van der Waals surface area contributed by atoms with Crippen LogP contribution in [-0.4, -0.2) is 22.2 Å². The molecule has 0 aliphatic heterocycles. The molecule has 0 radical (unpaired) electrons. The van der Waals surface area contributed by atoms with Gasteiger partial charge in [0.2, 0.25) is 0 Å². The standard InChI is InChI=1S/C16H8F6O4/c17-15(18,19)11-4-8(5-12(6-11)16(20,21)22)7-1-9(13(23)24)3-10(2-7)14(25)26/h1-6H,(H,23,24)(H,25,26). The molecular formula is C16H8F6O4. The number of benzene rings is 2. The topological polar surface area (TPSA) is 74.6 Å². The first-order chi connectivity index (χ1) is 11.8. The van der Waals surface area contributed by atoms with Crippen molar-refractivity contribution in [2.45, 2.75) is 12.4 Å². The molecule has 0 bridgehead atoms. The minimum absolute atomic E-state index is 0.0807. The van der Waals surface area contributed by atoms with Gasteiger partial charge in [0.15, 0.2) is 0 Å². The van der Waals surface area contributed by atoms with Crippen molar-refractivity contribution in [3.8, 4) is 11.1 Å². The molecule has 2 aromatic carbocycles. The Hall–Kier alpha value is -3.04. The SMILES string of the molecule is O=C(O)c1cc(C(=O)O)cc(-c2cc(C(F)(F)F)cc(C(F)(F)F)c2)c1. The minimum atomic E-state index is -5.09. The Morgan fingerprint density at radius 2 is 0.962 bits per heavy atom. The molecule has 4 nitrogen and oxygen atoms in total. The maximum Gasteiger partial charge on any atom is 0.416 e. The number of hydrogen-bond donors (Lipinski definition) is 2. The van der Waals surface area contributed by atoms with Gasteiger partial charge >= 0.3 is 24.3 Å². The second-order valence-electron chi connectivity index (χ2n) is 5.20. The monoisotopic (exact) mass is 378 g/mol. The Kier molecular flexibility index (Phi) is 4.71. The average Bonchev–Trinajstić information content (AvgIpc) is 2.52. The van der Waals surface area contributed by atoms with E-state index < -0.39 is 57.7 Å². The predicted octanol–water partition coefficient (Wildman–Crippen LogP) is 4.79. The van der Waals surface area contributed by atoms with Crippen LogP contribution in [0.3, 0.4) is 0 Å². The molecule has 2 rings (SSSR count). The molecule has 26 heavy (non-hydrogen) atoms. The van der Waals surface area contributed by atoms with Gasteiger partial charge in [-0.15, -0.1) is 0 Å². The van der Waals surface area contributed by atoms with E-state index in [0.717, 1.165) is 18.2 Å². The van der Waals surface area contributed by atoms with Gasteiger partial charge in [-0.05, 0) is 47.5 Å². The van der Waals surface area contributed by atoms with Crippen LogP contribution in [-0.2, 0) is 12.4 Å². The van der Waals surface area contributed by atoms with Gasteiger partial charge in [0, 0.05) is 0 Å². The summed E-state index contributed by atoms with van der Waals surface area (Å²) in [7, 11) is 0. The van der Waals surface area contributed by atoms with E-state index in [-0.39, 0.29) is 6.07 Å². The lowest BCUT2D eigenvalue weighted by Crippen LogP contribution is -2.11. The first kappa shape index (κ1) is 19.3. The number of carboxylic acid groups (broad SMARTS) is 2. The molecule has 0 fully saturated rings. The molecule has 0 amide bonds. The predicted molar refractivity (Wildman–Crippen MR) is 75.8 cm³/mol. The molecule has 10 heteroatoms. The van der Waals surface area contributed by atoms with Gasteiger partial charge in [-0.25, -0.2) is 9.59 Å². The number of carboxylic acids is 2. The molecule has 0 saturated carbocycles. The molecule has 2 N–H and O–H groups in total. The maximum atomic E-state index is 12.9. The fourth-order valence-corrected chi connectivity index (χ4v) is 2.16. The summed E-state index contributed by atoms with van der Waals surface area (Å²) in [5.41, 5.74) is -5.40. The van der Waals surface area contributed by atoms with Crippen molar-refractivity contribution in [2.75, 3.05) is 0 Å². The second-order valence-corrected chi connectivity index (χ2v) is 5.20. The van der Waals surface area contributed by atoms with Crippen LogP contribution in [0.4, 0.5) is 26.3 Å². The highest BCUT2D eigenvalue weighted by Gasteiger charge is 2.37. The normalized spacial score (nSPS) is 12.1. The summed E-state index contributed by atoms with van der Waals surface area (Å²) >= 11 is 0. The Morgan fingerprint density at radius 1 is 0.615 bits per heavy atom. The quantitative estimate of drug-likeness (QED) is 0.754. The van der Waals surface area contributed by atoms with Crippen LogP contribution in [0.1, 0.15) is 31.8 Å². The minimum Gasteiger partial charge on any atom is -0.478 e. The van der Waals surface area contributed by atoms with Gasteiger partial charge < -0.3 is 10.2 Å². The summed E-state index contributed by atoms with van der Waals surface area (Å²) in [6.45, 7) is 0. The van der Waals surface area contributed by atoms with E-state index in [1.54, 1.807) is 0 Å². The molecule has 0 aromatic heterocycles. The molecular weight excluding hydrogens is 370 g/mol. The first-order valence-electron chi connectivity index (χ1n) is 6.70. The third-order valence-corrected chi connectivity index (χ3v) is 3.35. The fourth-order valence-electron chi connectivity index (χ4n) is 2.16. The van der Waals surface area contributed by atoms with Gasteiger partial charge in [-0.1, -0.05) is 0 Å². The van der Waals surface area contributed by atoms with Gasteiger partial charge in [-0.3, -0.25) is 0 Å². The Morgan fingerprint density at radius 3 is 1.27 bits per heavy atom. The van der Waals surface area contributed by atoms with E-state index in [1.165, 1.54) is 0 Å². The molecule has 0 spiro atoms. The number of halogens is 6. The Bertz CT molecular complexity index is 819. The van der Waals surface area contributed by atoms with Crippen LogP contribution in [0.2, 0.25) is 0 Å². The molecule has 2 aromatic rings. The molecule has 0 aliphatic rings. The van der Waals surface area contributed by atoms with Crippen LogP contribution >= 0.6 is 0 Å². The summed E-state index contributed by atoms with van der Waals surface area (Å²) in [5, 5.41) is 18.0. The van der Waals surface area contributed by atoms with E-state index in [2.05, 4.69) is 0 Å². The Balaban J connectivity index is 2.78. The Labute approximate surface area is 141 Å². The van der Waals surface area contributed by atoms with Gasteiger partial charge in [0.1, 0.15) is 0 Å². The molecule has 0 unspecified atom stereocenters. The zero-order valence-corrected chi connectivity index (χ0v) is 12.4. The van der Waals surface area contributed by atoms with Gasteiger partial charge in [0.05, 0.1) is 22.3 Å². The van der Waals surface area contributed by atoms with Crippen LogP contribution in [0.25, 0.3) is 11.1 Å². The first-order valence-corrected chi connectivity index (χ1v) is 6.70. The van der Waals surface area contributed by atoms with Crippen LogP contribution < -0.4 is 0 Å². The third kappa shape index (κ3) is 4.13. The van der Waals surface area contributed by atoms with E-state index in [1.807, 2.05) is 0 Å². The van der Waals surface area contributed by atoms with Crippen LogP contribution in [0.5, 0.6) is 0 Å². The third-order valence-electron chi connectivity index (χ3n) is 3.35. The zero-order valence-electron chi connectivity index (χ0n) is 12.4. The molecule has 0 heterocycles. The highest BCUT2D eigenvalue weighted by atomic mass is 19.4. The zero-order chi connectivity index (χ0) is 19.9. The van der Waals surface area contributed by atoms with Crippen molar-refractivity contribution in [1.82, 2.24) is 0 Å². The molecule has 0 saturated heterocycles. The molecule has 0 atom stereocenters. The molecule has 0 aliphatic carbocycles. The van der Waals surface area contributed by atoms with Crippen molar-refractivity contribution >= 4 is 11.9 Å². The van der Waals surface area contributed by atoms with Crippen molar-refractivity contribution in [3.05, 3.63) is 58.7 Å². The van der Waals surface area contributed by atoms with Crippen molar-refractivity contribution in [2.24, 2.45) is 0 Å². The lowest BCUT2D eigenvalue weighted by molar-refractivity contribution is -0.143. The second kappa shape index (κ2) is 6.36. The highest BCUT2D eigenvalue weighted by Crippen LogP contribution is 2.39. The molecule has 138 valence electrons. The largest absolute Gasteiger partial charge is 0.478 e. The van der Waals surface area contributed by atoms with Gasteiger partial charge in [0.25, 0.3) is 0 Å². The summed E-state index contributed by atoms with van der Waals surface area (Å²) in [6, 6.07) is 3.04. The lowest BCUT2D eigenvalue weighted by Gasteiger charge is -2.15. The number of hydrogen-bond acceptors (Lipinski definition) is 2. The summed E-state index contributed by atoms with van der Waals surface area (Å²) in [6.07, 6.45) is -10.2. The van der Waals surface area contributed by atoms with Crippen molar-refractivity contribution < 1.29 is 46.1 Å².